The van der Waals surface area contributed by atoms with Crippen LogP contribution in [0.1, 0.15) is 42.0 Å². The molecule has 1 aliphatic rings. The van der Waals surface area contributed by atoms with Gasteiger partial charge in [0.15, 0.2) is 17.3 Å². The Morgan fingerprint density at radius 3 is 2.75 bits per heavy atom. The molecule has 1 saturated carbocycles. The molecule has 0 bridgehead atoms. The van der Waals surface area contributed by atoms with Crippen LogP contribution >= 0.6 is 0 Å². The average Bonchev–Trinajstić information content (AvgIpc) is 2.90. The van der Waals surface area contributed by atoms with Crippen molar-refractivity contribution in [1.29, 1.82) is 0 Å². The number of aromatic amines is 1. The average molecular weight is 380 g/mol. The maximum absolute atomic E-state index is 14.3. The lowest BCUT2D eigenvalue weighted by atomic mass is 9.81. The molecule has 142 valence electrons. The molecule has 0 radical (unpaired) electrons. The summed E-state index contributed by atoms with van der Waals surface area (Å²) in [4.78, 5) is 23.6. The lowest BCUT2D eigenvalue weighted by Gasteiger charge is -2.28. The van der Waals surface area contributed by atoms with Gasteiger partial charge in [0.05, 0.1) is 12.1 Å². The Hall–Kier alpha value is -3.09. The standard InChI is InChI=1S/C21H18F2N4O/c1-11-18-21(25-8-7-24-18)27(20(11)12-3-2-4-12)10-13-9-16(28)26-19-14(13)5-6-15(22)17(19)23/h5-9,12H,2-4,10H2,1H3,(H,26,28). The van der Waals surface area contributed by atoms with Gasteiger partial charge in [-0.05, 0) is 48.9 Å². The topological polar surface area (TPSA) is 63.6 Å². The van der Waals surface area contributed by atoms with Gasteiger partial charge in [0.2, 0.25) is 5.56 Å². The van der Waals surface area contributed by atoms with Crippen molar-refractivity contribution >= 4 is 22.1 Å². The van der Waals surface area contributed by atoms with Crippen molar-refractivity contribution in [3.8, 4) is 0 Å². The van der Waals surface area contributed by atoms with Crippen LogP contribution in [0.2, 0.25) is 0 Å². The molecular formula is C21H18F2N4O. The monoisotopic (exact) mass is 380 g/mol. The maximum atomic E-state index is 14.3. The summed E-state index contributed by atoms with van der Waals surface area (Å²) in [6.45, 7) is 2.40. The summed E-state index contributed by atoms with van der Waals surface area (Å²) in [5.41, 5.74) is 3.92. The summed E-state index contributed by atoms with van der Waals surface area (Å²) in [5, 5.41) is 0.487. The predicted molar refractivity (Wildman–Crippen MR) is 102 cm³/mol. The molecule has 1 fully saturated rings. The molecule has 0 atom stereocenters. The number of benzene rings is 1. The van der Waals surface area contributed by atoms with Gasteiger partial charge in [-0.25, -0.2) is 13.8 Å². The molecule has 0 aliphatic heterocycles. The minimum atomic E-state index is -1.04. The summed E-state index contributed by atoms with van der Waals surface area (Å²) in [6, 6.07) is 4.04. The van der Waals surface area contributed by atoms with Crippen LogP contribution in [0.25, 0.3) is 22.1 Å². The molecule has 0 amide bonds. The highest BCUT2D eigenvalue weighted by atomic mass is 19.2. The highest BCUT2D eigenvalue weighted by molar-refractivity contribution is 5.83. The van der Waals surface area contributed by atoms with E-state index in [-0.39, 0.29) is 5.52 Å². The number of pyridine rings is 1. The molecule has 0 unspecified atom stereocenters. The van der Waals surface area contributed by atoms with Gasteiger partial charge >= 0.3 is 0 Å². The first-order valence-corrected chi connectivity index (χ1v) is 9.34. The zero-order valence-corrected chi connectivity index (χ0v) is 15.3. The second-order valence-electron chi connectivity index (χ2n) is 7.40. The van der Waals surface area contributed by atoms with Crippen molar-refractivity contribution in [3.63, 3.8) is 0 Å². The maximum Gasteiger partial charge on any atom is 0.248 e. The molecule has 0 spiro atoms. The Morgan fingerprint density at radius 1 is 1.21 bits per heavy atom. The highest BCUT2D eigenvalue weighted by Gasteiger charge is 2.28. The summed E-state index contributed by atoms with van der Waals surface area (Å²) in [6.07, 6.45) is 6.71. The van der Waals surface area contributed by atoms with Crippen molar-refractivity contribution < 1.29 is 8.78 Å². The number of nitrogens with zero attached hydrogens (tertiary/aromatic N) is 3. The Bertz CT molecular complexity index is 1290. The van der Waals surface area contributed by atoms with E-state index in [9.17, 15) is 13.6 Å². The Balaban J connectivity index is 1.75. The summed E-state index contributed by atoms with van der Waals surface area (Å²) in [7, 11) is 0. The van der Waals surface area contributed by atoms with E-state index >= 15 is 0 Å². The van der Waals surface area contributed by atoms with Crippen LogP contribution in [0.5, 0.6) is 0 Å². The van der Waals surface area contributed by atoms with E-state index in [4.69, 9.17) is 0 Å². The zero-order valence-electron chi connectivity index (χ0n) is 15.3. The predicted octanol–water partition coefficient (Wildman–Crippen LogP) is 4.18. The molecule has 3 heterocycles. The normalized spacial score (nSPS) is 14.7. The lowest BCUT2D eigenvalue weighted by molar-refractivity contribution is 0.399. The van der Waals surface area contributed by atoms with Gasteiger partial charge in [-0.3, -0.25) is 9.78 Å². The molecule has 0 saturated heterocycles. The van der Waals surface area contributed by atoms with Crippen molar-refractivity contribution in [2.75, 3.05) is 0 Å². The number of nitrogens with one attached hydrogen (secondary N) is 1. The molecule has 1 aliphatic carbocycles. The SMILES string of the molecule is Cc1c(C2CCC2)n(Cc2cc(=O)[nH]c3c(F)c(F)ccc23)c2nccnc12. The van der Waals surface area contributed by atoms with E-state index in [1.54, 1.807) is 12.4 Å². The number of aryl methyl sites for hydroxylation is 1. The van der Waals surface area contributed by atoms with E-state index < -0.39 is 17.2 Å². The third-order valence-corrected chi connectivity index (χ3v) is 5.78. The molecule has 4 aromatic rings. The largest absolute Gasteiger partial charge is 0.323 e. The fourth-order valence-corrected chi connectivity index (χ4v) is 4.24. The Kier molecular flexibility index (Phi) is 3.79. The first kappa shape index (κ1) is 17.0. The fraction of sp³-hybridized carbons (Fsp3) is 0.286. The van der Waals surface area contributed by atoms with E-state index in [1.165, 1.54) is 24.2 Å². The Labute approximate surface area is 159 Å². The molecule has 1 N–H and O–H groups in total. The quantitative estimate of drug-likeness (QED) is 0.580. The van der Waals surface area contributed by atoms with Crippen molar-refractivity contribution in [3.05, 3.63) is 69.4 Å². The van der Waals surface area contributed by atoms with Gasteiger partial charge in [-0.2, -0.15) is 0 Å². The van der Waals surface area contributed by atoms with Gasteiger partial charge in [0.25, 0.3) is 0 Å². The number of halogens is 2. The molecule has 1 aromatic carbocycles. The molecule has 3 aromatic heterocycles. The fourth-order valence-electron chi connectivity index (χ4n) is 4.24. The molecule has 28 heavy (non-hydrogen) atoms. The smallest absolute Gasteiger partial charge is 0.248 e. The van der Waals surface area contributed by atoms with E-state index in [0.29, 0.717) is 23.4 Å². The third-order valence-electron chi connectivity index (χ3n) is 5.78. The highest BCUT2D eigenvalue weighted by Crippen LogP contribution is 2.41. The van der Waals surface area contributed by atoms with Crippen molar-refractivity contribution in [1.82, 2.24) is 19.5 Å². The van der Waals surface area contributed by atoms with Crippen LogP contribution in [0, 0.1) is 18.6 Å². The minimum Gasteiger partial charge on any atom is -0.323 e. The van der Waals surface area contributed by atoms with Crippen molar-refractivity contribution in [2.45, 2.75) is 38.6 Å². The molecule has 7 heteroatoms. The summed E-state index contributed by atoms with van der Waals surface area (Å²) >= 11 is 0. The summed E-state index contributed by atoms with van der Waals surface area (Å²) in [5.74, 6) is -1.59. The number of fused-ring (bicyclic) bond motifs is 2. The van der Waals surface area contributed by atoms with Crippen LogP contribution in [-0.4, -0.2) is 19.5 Å². The first-order valence-electron chi connectivity index (χ1n) is 9.34. The van der Waals surface area contributed by atoms with Gasteiger partial charge < -0.3 is 9.55 Å². The van der Waals surface area contributed by atoms with Crippen molar-refractivity contribution in [2.24, 2.45) is 0 Å². The van der Waals surface area contributed by atoms with E-state index in [2.05, 4.69) is 19.5 Å². The van der Waals surface area contributed by atoms with E-state index in [0.717, 1.165) is 35.6 Å². The van der Waals surface area contributed by atoms with Crippen LogP contribution in [-0.2, 0) is 6.54 Å². The van der Waals surface area contributed by atoms with Gasteiger partial charge in [0, 0.05) is 29.5 Å². The molecular weight excluding hydrogens is 362 g/mol. The van der Waals surface area contributed by atoms with Gasteiger partial charge in [-0.15, -0.1) is 0 Å². The van der Waals surface area contributed by atoms with E-state index in [1.807, 2.05) is 6.92 Å². The second-order valence-corrected chi connectivity index (χ2v) is 7.40. The number of rotatable bonds is 3. The van der Waals surface area contributed by atoms with Crippen LogP contribution in [0.3, 0.4) is 0 Å². The van der Waals surface area contributed by atoms with Crippen LogP contribution < -0.4 is 5.56 Å². The van der Waals surface area contributed by atoms with Gasteiger partial charge in [-0.1, -0.05) is 6.42 Å². The lowest BCUT2D eigenvalue weighted by Crippen LogP contribution is -2.17. The van der Waals surface area contributed by atoms with Crippen LogP contribution in [0.4, 0.5) is 8.78 Å². The molecule has 5 nitrogen and oxygen atoms in total. The minimum absolute atomic E-state index is 0.105. The number of hydrogen-bond donors (Lipinski definition) is 1. The second kappa shape index (κ2) is 6.22. The first-order chi connectivity index (χ1) is 13.5. The third kappa shape index (κ3) is 2.46. The van der Waals surface area contributed by atoms with Crippen LogP contribution in [0.15, 0.2) is 35.4 Å². The summed E-state index contributed by atoms with van der Waals surface area (Å²) < 4.78 is 30.0. The molecule has 5 rings (SSSR count). The number of hydrogen-bond acceptors (Lipinski definition) is 3. The zero-order chi connectivity index (χ0) is 19.4. The number of H-pyrrole nitrogens is 1. The van der Waals surface area contributed by atoms with Gasteiger partial charge in [0.1, 0.15) is 5.52 Å². The number of aromatic nitrogens is 4. The Morgan fingerprint density at radius 2 is 2.00 bits per heavy atom.